The van der Waals surface area contributed by atoms with E-state index in [1.54, 1.807) is 17.0 Å². The highest BCUT2D eigenvalue weighted by molar-refractivity contribution is 5.95. The Bertz CT molecular complexity index is 766. The molecule has 1 aliphatic heterocycles. The van der Waals surface area contributed by atoms with Gasteiger partial charge in [0.1, 0.15) is 6.61 Å². The lowest BCUT2D eigenvalue weighted by Gasteiger charge is -2.55. The van der Waals surface area contributed by atoms with Gasteiger partial charge < -0.3 is 20.1 Å². The molecule has 6 heteroatoms. The molecule has 2 N–H and O–H groups in total. The molecule has 1 heterocycles. The minimum Gasteiger partial charge on any atom is -0.394 e. The van der Waals surface area contributed by atoms with Crippen molar-refractivity contribution in [3.63, 3.8) is 0 Å². The van der Waals surface area contributed by atoms with Gasteiger partial charge in [0.25, 0.3) is 5.91 Å². The number of carbonyl (C=O) groups is 2. The maximum atomic E-state index is 13.0. The molecular weight excluding hydrogens is 344 g/mol. The Morgan fingerprint density at radius 1 is 1.04 bits per heavy atom. The second-order valence-electron chi connectivity index (χ2n) is 6.57. The molecule has 2 aromatic carbocycles. The number of rotatable bonds is 7. The highest BCUT2D eigenvalue weighted by Crippen LogP contribution is 2.41. The Balaban J connectivity index is 1.85. The maximum absolute atomic E-state index is 13.0. The second-order valence-corrected chi connectivity index (χ2v) is 6.57. The highest BCUT2D eigenvalue weighted by atomic mass is 16.5. The number of nitrogens with one attached hydrogen (secondary N) is 1. The van der Waals surface area contributed by atoms with Crippen LogP contribution in [0.3, 0.4) is 0 Å². The van der Waals surface area contributed by atoms with Crippen molar-refractivity contribution in [1.82, 2.24) is 10.2 Å². The zero-order chi connectivity index (χ0) is 19.2. The van der Waals surface area contributed by atoms with E-state index in [1.165, 1.54) is 7.11 Å². The van der Waals surface area contributed by atoms with Gasteiger partial charge in [-0.2, -0.15) is 0 Å². The number of benzene rings is 2. The SMILES string of the molecule is COCC(=O)NC[C@@H]1[C@@H](c2ccccc2)[C@H](CO)N1C(=O)c1ccccc1. The fourth-order valence-electron chi connectivity index (χ4n) is 3.72. The molecule has 142 valence electrons. The summed E-state index contributed by atoms with van der Waals surface area (Å²) in [5.74, 6) is -0.427. The number of carbonyl (C=O) groups excluding carboxylic acids is 2. The van der Waals surface area contributed by atoms with Gasteiger partial charge in [0, 0.05) is 25.1 Å². The van der Waals surface area contributed by atoms with Gasteiger partial charge in [-0.05, 0) is 17.7 Å². The second kappa shape index (κ2) is 8.79. The van der Waals surface area contributed by atoms with Gasteiger partial charge >= 0.3 is 0 Å². The van der Waals surface area contributed by atoms with Crippen LogP contribution in [0.5, 0.6) is 0 Å². The van der Waals surface area contributed by atoms with E-state index in [2.05, 4.69) is 5.32 Å². The van der Waals surface area contributed by atoms with Gasteiger partial charge in [-0.3, -0.25) is 9.59 Å². The van der Waals surface area contributed by atoms with Gasteiger partial charge in [-0.25, -0.2) is 0 Å². The topological polar surface area (TPSA) is 78.9 Å². The molecule has 27 heavy (non-hydrogen) atoms. The van der Waals surface area contributed by atoms with Gasteiger partial charge in [0.15, 0.2) is 0 Å². The molecule has 0 aromatic heterocycles. The van der Waals surface area contributed by atoms with E-state index in [1.807, 2.05) is 48.5 Å². The number of likely N-dealkylation sites (tertiary alicyclic amines) is 1. The van der Waals surface area contributed by atoms with Gasteiger partial charge in [-0.15, -0.1) is 0 Å². The van der Waals surface area contributed by atoms with Crippen molar-refractivity contribution in [3.05, 3.63) is 71.8 Å². The van der Waals surface area contributed by atoms with Gasteiger partial charge in [0.2, 0.25) is 5.91 Å². The number of hydrogen-bond donors (Lipinski definition) is 2. The van der Waals surface area contributed by atoms with Crippen LogP contribution in [0.4, 0.5) is 0 Å². The molecule has 1 saturated heterocycles. The molecule has 0 radical (unpaired) electrons. The predicted octanol–water partition coefficient (Wildman–Crippen LogP) is 1.42. The van der Waals surface area contributed by atoms with Crippen LogP contribution in [0.15, 0.2) is 60.7 Å². The molecule has 3 atom stereocenters. The van der Waals surface area contributed by atoms with Crippen LogP contribution < -0.4 is 5.32 Å². The van der Waals surface area contributed by atoms with Crippen LogP contribution >= 0.6 is 0 Å². The van der Waals surface area contributed by atoms with Crippen molar-refractivity contribution >= 4 is 11.8 Å². The highest BCUT2D eigenvalue weighted by Gasteiger charge is 2.51. The summed E-state index contributed by atoms with van der Waals surface area (Å²) < 4.78 is 4.85. The minimum absolute atomic E-state index is 0.0290. The molecule has 0 saturated carbocycles. The Kier molecular flexibility index (Phi) is 6.21. The van der Waals surface area contributed by atoms with Crippen molar-refractivity contribution in [1.29, 1.82) is 0 Å². The van der Waals surface area contributed by atoms with Crippen LogP contribution in [-0.2, 0) is 9.53 Å². The number of methoxy groups -OCH3 is 1. The third-order valence-corrected chi connectivity index (χ3v) is 4.95. The lowest BCUT2D eigenvalue weighted by Crippen LogP contribution is -2.68. The van der Waals surface area contributed by atoms with Crippen LogP contribution in [0, 0.1) is 0 Å². The summed E-state index contributed by atoms with van der Waals surface area (Å²) in [6.07, 6.45) is 0. The lowest BCUT2D eigenvalue weighted by atomic mass is 9.74. The summed E-state index contributed by atoms with van der Waals surface area (Å²) >= 11 is 0. The lowest BCUT2D eigenvalue weighted by molar-refractivity contribution is -0.125. The Morgan fingerprint density at radius 3 is 2.26 bits per heavy atom. The third kappa shape index (κ3) is 4.02. The summed E-state index contributed by atoms with van der Waals surface area (Å²) in [5, 5.41) is 12.8. The van der Waals surface area contributed by atoms with E-state index in [4.69, 9.17) is 4.74 Å². The Hall–Kier alpha value is -2.70. The third-order valence-electron chi connectivity index (χ3n) is 4.95. The van der Waals surface area contributed by atoms with E-state index in [-0.39, 0.29) is 43.0 Å². The van der Waals surface area contributed by atoms with Crippen molar-refractivity contribution < 1.29 is 19.4 Å². The molecule has 1 aliphatic rings. The Morgan fingerprint density at radius 2 is 1.67 bits per heavy atom. The zero-order valence-electron chi connectivity index (χ0n) is 15.2. The average Bonchev–Trinajstić information content (AvgIpc) is 2.69. The number of aliphatic hydroxyl groups is 1. The predicted molar refractivity (Wildman–Crippen MR) is 101 cm³/mol. The molecule has 0 unspecified atom stereocenters. The zero-order valence-corrected chi connectivity index (χ0v) is 15.2. The van der Waals surface area contributed by atoms with E-state index >= 15 is 0 Å². The molecule has 1 fully saturated rings. The number of aliphatic hydroxyl groups excluding tert-OH is 1. The van der Waals surface area contributed by atoms with E-state index in [0.29, 0.717) is 12.1 Å². The van der Waals surface area contributed by atoms with E-state index in [9.17, 15) is 14.7 Å². The quantitative estimate of drug-likeness (QED) is 0.775. The summed E-state index contributed by atoms with van der Waals surface area (Å²) in [7, 11) is 1.46. The minimum atomic E-state index is -0.329. The van der Waals surface area contributed by atoms with Crippen molar-refractivity contribution in [3.8, 4) is 0 Å². The number of ether oxygens (including phenoxy) is 1. The molecule has 0 bridgehead atoms. The van der Waals surface area contributed by atoms with E-state index < -0.39 is 0 Å². The average molecular weight is 368 g/mol. The first-order valence-corrected chi connectivity index (χ1v) is 8.96. The number of nitrogens with zero attached hydrogens (tertiary/aromatic N) is 1. The van der Waals surface area contributed by atoms with Crippen LogP contribution in [0.2, 0.25) is 0 Å². The van der Waals surface area contributed by atoms with Crippen LogP contribution in [-0.4, -0.2) is 60.8 Å². The van der Waals surface area contributed by atoms with Crippen molar-refractivity contribution in [2.45, 2.75) is 18.0 Å². The molecule has 3 rings (SSSR count). The standard InChI is InChI=1S/C21H24N2O4/c1-27-14-19(25)22-12-17-20(15-8-4-2-5-9-15)18(13-24)23(17)21(26)16-10-6-3-7-11-16/h2-11,17-18,20,24H,12-14H2,1H3,(H,22,25)/t17-,18+,20-/m1/s1. The number of amides is 2. The maximum Gasteiger partial charge on any atom is 0.254 e. The van der Waals surface area contributed by atoms with Crippen molar-refractivity contribution in [2.24, 2.45) is 0 Å². The fourth-order valence-corrected chi connectivity index (χ4v) is 3.72. The normalized spacial score (nSPS) is 21.4. The molecule has 0 spiro atoms. The Labute approximate surface area is 158 Å². The summed E-state index contributed by atoms with van der Waals surface area (Å²) in [4.78, 5) is 26.6. The first-order valence-electron chi connectivity index (χ1n) is 8.96. The molecular formula is C21H24N2O4. The smallest absolute Gasteiger partial charge is 0.254 e. The first kappa shape index (κ1) is 19.1. The molecule has 0 aliphatic carbocycles. The largest absolute Gasteiger partial charge is 0.394 e. The first-order chi connectivity index (χ1) is 13.2. The summed E-state index contributed by atoms with van der Waals surface area (Å²) in [5.41, 5.74) is 1.61. The van der Waals surface area contributed by atoms with Crippen molar-refractivity contribution in [2.75, 3.05) is 26.9 Å². The van der Waals surface area contributed by atoms with Crippen LogP contribution in [0.1, 0.15) is 21.8 Å². The van der Waals surface area contributed by atoms with E-state index in [0.717, 1.165) is 5.56 Å². The fraction of sp³-hybridized carbons (Fsp3) is 0.333. The monoisotopic (exact) mass is 368 g/mol. The van der Waals surface area contributed by atoms with Gasteiger partial charge in [-0.1, -0.05) is 48.5 Å². The summed E-state index contributed by atoms with van der Waals surface area (Å²) in [6, 6.07) is 18.2. The van der Waals surface area contributed by atoms with Crippen LogP contribution in [0.25, 0.3) is 0 Å². The summed E-state index contributed by atoms with van der Waals surface area (Å²) in [6.45, 7) is 0.135. The molecule has 6 nitrogen and oxygen atoms in total. The molecule has 2 aromatic rings. The number of hydrogen-bond acceptors (Lipinski definition) is 4. The van der Waals surface area contributed by atoms with Gasteiger partial charge in [0.05, 0.1) is 18.7 Å². The molecule has 2 amide bonds.